The highest BCUT2D eigenvalue weighted by Crippen LogP contribution is 2.28. The van der Waals surface area contributed by atoms with Crippen molar-refractivity contribution in [2.75, 3.05) is 18.0 Å². The first-order valence-corrected chi connectivity index (χ1v) is 7.38. The molecule has 0 saturated carbocycles. The summed E-state index contributed by atoms with van der Waals surface area (Å²) in [5.74, 6) is 0. The molecule has 2 aliphatic heterocycles. The largest absolute Gasteiger partial charge is 0.494 e. The van der Waals surface area contributed by atoms with Gasteiger partial charge in [-0.1, -0.05) is 12.1 Å². The molecular weight excluding hydrogens is 267 g/mol. The van der Waals surface area contributed by atoms with Gasteiger partial charge in [0.1, 0.15) is 0 Å². The van der Waals surface area contributed by atoms with Gasteiger partial charge < -0.3 is 14.6 Å². The van der Waals surface area contributed by atoms with E-state index in [-0.39, 0.29) is 24.9 Å². The number of anilines is 1. The molecule has 5 nitrogen and oxygen atoms in total. The van der Waals surface area contributed by atoms with Crippen LogP contribution in [0.25, 0.3) is 0 Å². The maximum absolute atomic E-state index is 11.9. The van der Waals surface area contributed by atoms with E-state index in [1.807, 2.05) is 45.9 Å². The van der Waals surface area contributed by atoms with E-state index in [0.717, 1.165) is 16.7 Å². The lowest BCUT2D eigenvalue weighted by Crippen LogP contribution is -2.38. The molecule has 1 unspecified atom stereocenters. The molecule has 2 saturated heterocycles. The molecule has 0 aromatic heterocycles. The minimum Gasteiger partial charge on any atom is -0.402 e. The third kappa shape index (κ3) is 2.42. The molecule has 6 heteroatoms. The third-order valence-electron chi connectivity index (χ3n) is 4.47. The van der Waals surface area contributed by atoms with Crippen LogP contribution in [0.1, 0.15) is 26.3 Å². The van der Waals surface area contributed by atoms with E-state index in [1.54, 1.807) is 4.90 Å². The van der Waals surface area contributed by atoms with Gasteiger partial charge in [-0.15, -0.1) is 0 Å². The highest BCUT2D eigenvalue weighted by atomic mass is 16.7. The van der Waals surface area contributed by atoms with Gasteiger partial charge in [-0.3, -0.25) is 4.90 Å². The second-order valence-electron chi connectivity index (χ2n) is 6.21. The van der Waals surface area contributed by atoms with Gasteiger partial charge in [0, 0.05) is 18.8 Å². The molecule has 1 N–H and O–H groups in total. The van der Waals surface area contributed by atoms with Crippen molar-refractivity contribution >= 4 is 24.3 Å². The summed E-state index contributed by atoms with van der Waals surface area (Å²) in [6, 6.07) is 5.88. The van der Waals surface area contributed by atoms with Crippen molar-refractivity contribution in [3.05, 3.63) is 23.8 Å². The summed E-state index contributed by atoms with van der Waals surface area (Å²) in [6.07, 6.45) is 0.0284. The van der Waals surface area contributed by atoms with Crippen molar-refractivity contribution in [1.29, 1.82) is 0 Å². The van der Waals surface area contributed by atoms with E-state index in [9.17, 15) is 4.79 Å². The number of carbonyl (C=O) groups excluding carboxylic acids is 1. The summed E-state index contributed by atoms with van der Waals surface area (Å²) < 4.78 is 12.0. The van der Waals surface area contributed by atoms with Crippen LogP contribution >= 0.6 is 0 Å². The minimum atomic E-state index is -0.374. The van der Waals surface area contributed by atoms with Crippen molar-refractivity contribution in [1.82, 2.24) is 5.32 Å². The SMILES string of the molecule is Cc1c(B2OC(C)C(C)(C)O2)cccc1N1CCNC1=O. The van der Waals surface area contributed by atoms with Crippen LogP contribution in [0.15, 0.2) is 18.2 Å². The van der Waals surface area contributed by atoms with Gasteiger partial charge in [0.15, 0.2) is 0 Å². The molecule has 21 heavy (non-hydrogen) atoms. The number of hydrogen-bond donors (Lipinski definition) is 1. The van der Waals surface area contributed by atoms with Crippen LogP contribution in [-0.2, 0) is 9.31 Å². The number of amides is 2. The van der Waals surface area contributed by atoms with Crippen LogP contribution in [-0.4, -0.2) is 37.9 Å². The predicted octanol–water partition coefficient (Wildman–Crippen LogP) is 1.43. The maximum Gasteiger partial charge on any atom is 0.494 e. The fourth-order valence-corrected chi connectivity index (χ4v) is 2.78. The zero-order chi connectivity index (χ0) is 15.2. The Bertz CT molecular complexity index is 576. The molecule has 2 amide bonds. The average Bonchev–Trinajstić information content (AvgIpc) is 2.94. The van der Waals surface area contributed by atoms with Gasteiger partial charge in [0.25, 0.3) is 0 Å². The fraction of sp³-hybridized carbons (Fsp3) is 0.533. The normalized spacial score (nSPS) is 24.6. The van der Waals surface area contributed by atoms with Crippen LogP contribution in [0.5, 0.6) is 0 Å². The third-order valence-corrected chi connectivity index (χ3v) is 4.47. The molecule has 0 spiro atoms. The van der Waals surface area contributed by atoms with Gasteiger partial charge in [-0.2, -0.15) is 0 Å². The summed E-state index contributed by atoms with van der Waals surface area (Å²) in [4.78, 5) is 13.6. The molecule has 1 aromatic carbocycles. The molecule has 2 fully saturated rings. The summed E-state index contributed by atoms with van der Waals surface area (Å²) in [7, 11) is -0.374. The van der Waals surface area contributed by atoms with Crippen molar-refractivity contribution in [3.8, 4) is 0 Å². The molecule has 1 atom stereocenters. The lowest BCUT2D eigenvalue weighted by Gasteiger charge is -2.22. The first-order chi connectivity index (χ1) is 9.90. The molecule has 2 aliphatic rings. The van der Waals surface area contributed by atoms with Gasteiger partial charge in [-0.05, 0) is 44.8 Å². The molecule has 2 heterocycles. The molecule has 0 bridgehead atoms. The molecule has 3 rings (SSSR count). The summed E-state index contributed by atoms with van der Waals surface area (Å²) >= 11 is 0. The summed E-state index contributed by atoms with van der Waals surface area (Å²) in [5, 5.41) is 2.83. The van der Waals surface area contributed by atoms with Gasteiger partial charge >= 0.3 is 13.1 Å². The highest BCUT2D eigenvalue weighted by Gasteiger charge is 2.44. The van der Waals surface area contributed by atoms with Crippen molar-refractivity contribution in [3.63, 3.8) is 0 Å². The Labute approximate surface area is 125 Å². The van der Waals surface area contributed by atoms with Gasteiger partial charge in [-0.25, -0.2) is 4.79 Å². The van der Waals surface area contributed by atoms with Crippen LogP contribution in [0.2, 0.25) is 0 Å². The summed E-state index contributed by atoms with van der Waals surface area (Å²) in [6.45, 7) is 9.47. The maximum atomic E-state index is 11.9. The lowest BCUT2D eigenvalue weighted by atomic mass is 9.76. The number of urea groups is 1. The van der Waals surface area contributed by atoms with Crippen LogP contribution < -0.4 is 15.7 Å². The van der Waals surface area contributed by atoms with Crippen LogP contribution in [0.3, 0.4) is 0 Å². The molecular formula is C15H21BN2O3. The Morgan fingerprint density at radius 3 is 2.76 bits per heavy atom. The van der Waals surface area contributed by atoms with E-state index in [2.05, 4.69) is 5.32 Å². The van der Waals surface area contributed by atoms with Gasteiger partial charge in [0.05, 0.1) is 11.7 Å². The highest BCUT2D eigenvalue weighted by molar-refractivity contribution is 6.62. The Morgan fingerprint density at radius 1 is 1.43 bits per heavy atom. The van der Waals surface area contributed by atoms with E-state index < -0.39 is 0 Å². The number of hydrogen-bond acceptors (Lipinski definition) is 3. The van der Waals surface area contributed by atoms with E-state index in [1.165, 1.54) is 0 Å². The number of nitrogens with zero attached hydrogens (tertiary/aromatic N) is 1. The Morgan fingerprint density at radius 2 is 2.19 bits per heavy atom. The molecule has 0 radical (unpaired) electrons. The van der Waals surface area contributed by atoms with Crippen molar-refractivity contribution < 1.29 is 14.1 Å². The topological polar surface area (TPSA) is 50.8 Å². The number of benzene rings is 1. The first kappa shape index (κ1) is 14.4. The van der Waals surface area contributed by atoms with Crippen molar-refractivity contribution in [2.45, 2.75) is 39.4 Å². The van der Waals surface area contributed by atoms with Crippen LogP contribution in [0.4, 0.5) is 10.5 Å². The monoisotopic (exact) mass is 288 g/mol. The average molecular weight is 288 g/mol. The number of nitrogens with one attached hydrogen (secondary N) is 1. The van der Waals surface area contributed by atoms with Crippen LogP contribution in [0, 0.1) is 6.92 Å². The smallest absolute Gasteiger partial charge is 0.402 e. The second kappa shape index (κ2) is 5.03. The first-order valence-electron chi connectivity index (χ1n) is 7.38. The Hall–Kier alpha value is -1.53. The van der Waals surface area contributed by atoms with E-state index in [4.69, 9.17) is 9.31 Å². The summed E-state index contributed by atoms with van der Waals surface area (Å²) in [5.41, 5.74) is 2.64. The zero-order valence-corrected chi connectivity index (χ0v) is 13.0. The number of rotatable bonds is 2. The van der Waals surface area contributed by atoms with Crippen molar-refractivity contribution in [2.24, 2.45) is 0 Å². The Balaban J connectivity index is 1.93. The standard InChI is InChI=1S/C15H21BN2O3/c1-10-12(16-20-11(2)15(3,4)21-16)6-5-7-13(10)18-9-8-17-14(18)19/h5-7,11H,8-9H2,1-4H3,(H,17,19). The quantitative estimate of drug-likeness (QED) is 0.838. The molecule has 112 valence electrons. The fourth-order valence-electron chi connectivity index (χ4n) is 2.78. The predicted molar refractivity (Wildman–Crippen MR) is 83.0 cm³/mol. The molecule has 1 aromatic rings. The molecule has 0 aliphatic carbocycles. The lowest BCUT2D eigenvalue weighted by molar-refractivity contribution is 0.0842. The minimum absolute atomic E-state index is 0.0284. The van der Waals surface area contributed by atoms with E-state index >= 15 is 0 Å². The Kier molecular flexibility index (Phi) is 3.46. The number of carbonyl (C=O) groups is 1. The van der Waals surface area contributed by atoms with E-state index in [0.29, 0.717) is 13.1 Å². The zero-order valence-electron chi connectivity index (χ0n) is 13.0. The second-order valence-corrected chi connectivity index (χ2v) is 6.21. The van der Waals surface area contributed by atoms with Gasteiger partial charge in [0.2, 0.25) is 0 Å².